The van der Waals surface area contributed by atoms with Gasteiger partial charge in [-0.15, -0.1) is 0 Å². The summed E-state index contributed by atoms with van der Waals surface area (Å²) in [7, 11) is 0. The predicted molar refractivity (Wildman–Crippen MR) is 78.6 cm³/mol. The van der Waals surface area contributed by atoms with E-state index in [1.807, 2.05) is 18.3 Å². The number of nitrogens with zero attached hydrogens (tertiary/aromatic N) is 4. The second-order valence-corrected chi connectivity index (χ2v) is 4.88. The molecule has 2 N–H and O–H groups in total. The molecular formula is C15H17N5. The summed E-state index contributed by atoms with van der Waals surface area (Å²) in [6, 6.07) is 6.04. The molecule has 0 aliphatic carbocycles. The molecule has 1 aliphatic rings. The molecule has 0 bridgehead atoms. The molecule has 0 spiro atoms. The Morgan fingerprint density at radius 3 is 2.65 bits per heavy atom. The second-order valence-electron chi connectivity index (χ2n) is 4.88. The molecular weight excluding hydrogens is 250 g/mol. The lowest BCUT2D eigenvalue weighted by Crippen LogP contribution is -2.28. The van der Waals surface area contributed by atoms with Gasteiger partial charge in [0.1, 0.15) is 0 Å². The van der Waals surface area contributed by atoms with Gasteiger partial charge in [0.2, 0.25) is 5.95 Å². The average molecular weight is 267 g/mol. The molecule has 0 fully saturated rings. The highest BCUT2D eigenvalue weighted by Crippen LogP contribution is 2.21. The number of aromatic nitrogens is 3. The minimum Gasteiger partial charge on any atom is -0.368 e. The minimum absolute atomic E-state index is 0.324. The van der Waals surface area contributed by atoms with Crippen LogP contribution in [0.5, 0.6) is 0 Å². The largest absolute Gasteiger partial charge is 0.368 e. The van der Waals surface area contributed by atoms with Gasteiger partial charge in [-0.2, -0.15) is 0 Å². The van der Waals surface area contributed by atoms with Gasteiger partial charge in [0.05, 0.1) is 5.69 Å². The molecule has 0 unspecified atom stereocenters. The highest BCUT2D eigenvalue weighted by Gasteiger charge is 2.13. The highest BCUT2D eigenvalue weighted by atomic mass is 15.1. The van der Waals surface area contributed by atoms with Crippen LogP contribution in [0.1, 0.15) is 17.7 Å². The molecule has 0 radical (unpaired) electrons. The van der Waals surface area contributed by atoms with Gasteiger partial charge in [0.25, 0.3) is 0 Å². The zero-order chi connectivity index (χ0) is 13.8. The maximum absolute atomic E-state index is 5.49. The number of anilines is 1. The summed E-state index contributed by atoms with van der Waals surface area (Å²) in [5.41, 5.74) is 9.00. The van der Waals surface area contributed by atoms with Crippen molar-refractivity contribution in [3.05, 3.63) is 54.1 Å². The first-order chi connectivity index (χ1) is 9.81. The van der Waals surface area contributed by atoms with Crippen molar-refractivity contribution in [2.45, 2.75) is 13.0 Å². The van der Waals surface area contributed by atoms with Crippen LogP contribution in [0.4, 0.5) is 5.95 Å². The molecule has 2 aromatic rings. The molecule has 5 heteroatoms. The van der Waals surface area contributed by atoms with Crippen LogP contribution in [0.15, 0.2) is 42.9 Å². The van der Waals surface area contributed by atoms with Crippen molar-refractivity contribution in [1.82, 2.24) is 19.9 Å². The first-order valence-corrected chi connectivity index (χ1v) is 6.70. The summed E-state index contributed by atoms with van der Waals surface area (Å²) in [4.78, 5) is 14.8. The number of nitrogen functional groups attached to an aromatic ring is 1. The topological polar surface area (TPSA) is 67.9 Å². The van der Waals surface area contributed by atoms with Crippen LogP contribution in [0.2, 0.25) is 0 Å². The monoisotopic (exact) mass is 267 g/mol. The number of nitrogens with two attached hydrogens (primary N) is 1. The Balaban J connectivity index is 1.63. The van der Waals surface area contributed by atoms with Gasteiger partial charge < -0.3 is 5.73 Å². The summed E-state index contributed by atoms with van der Waals surface area (Å²) in [5, 5.41) is 0. The van der Waals surface area contributed by atoms with E-state index in [2.05, 4.69) is 32.0 Å². The van der Waals surface area contributed by atoms with E-state index in [1.54, 1.807) is 12.4 Å². The molecule has 0 saturated heterocycles. The van der Waals surface area contributed by atoms with E-state index >= 15 is 0 Å². The van der Waals surface area contributed by atoms with Gasteiger partial charge in [0.15, 0.2) is 0 Å². The van der Waals surface area contributed by atoms with Crippen molar-refractivity contribution >= 4 is 11.5 Å². The van der Waals surface area contributed by atoms with Crippen molar-refractivity contribution in [1.29, 1.82) is 0 Å². The summed E-state index contributed by atoms with van der Waals surface area (Å²) < 4.78 is 0. The number of pyridine rings is 1. The zero-order valence-corrected chi connectivity index (χ0v) is 11.2. The van der Waals surface area contributed by atoms with Gasteiger partial charge in [-0.3, -0.25) is 9.88 Å². The van der Waals surface area contributed by atoms with Gasteiger partial charge >= 0.3 is 0 Å². The first kappa shape index (κ1) is 12.7. The van der Waals surface area contributed by atoms with Crippen LogP contribution in [0.3, 0.4) is 0 Å². The third-order valence-electron chi connectivity index (χ3n) is 3.42. The van der Waals surface area contributed by atoms with Gasteiger partial charge in [0, 0.05) is 43.8 Å². The van der Waals surface area contributed by atoms with Crippen LogP contribution in [-0.2, 0) is 6.54 Å². The van der Waals surface area contributed by atoms with Crippen LogP contribution in [0, 0.1) is 0 Å². The maximum atomic E-state index is 5.49. The fourth-order valence-electron chi connectivity index (χ4n) is 2.34. The average Bonchev–Trinajstić information content (AvgIpc) is 2.51. The summed E-state index contributed by atoms with van der Waals surface area (Å²) in [6.45, 7) is 2.80. The lowest BCUT2D eigenvalue weighted by molar-refractivity contribution is 0.293. The molecule has 5 nitrogen and oxygen atoms in total. The van der Waals surface area contributed by atoms with Crippen molar-refractivity contribution in [2.75, 3.05) is 18.8 Å². The Morgan fingerprint density at radius 2 is 2.00 bits per heavy atom. The molecule has 0 atom stereocenters. The van der Waals surface area contributed by atoms with E-state index in [0.29, 0.717) is 5.95 Å². The van der Waals surface area contributed by atoms with Crippen molar-refractivity contribution < 1.29 is 0 Å². The molecule has 20 heavy (non-hydrogen) atoms. The Morgan fingerprint density at radius 1 is 1.15 bits per heavy atom. The lowest BCUT2D eigenvalue weighted by atomic mass is 10.0. The van der Waals surface area contributed by atoms with Crippen molar-refractivity contribution in [2.24, 2.45) is 0 Å². The molecule has 0 amide bonds. The Kier molecular flexibility index (Phi) is 3.69. The van der Waals surface area contributed by atoms with E-state index in [9.17, 15) is 0 Å². The number of hydrogen-bond donors (Lipinski definition) is 1. The van der Waals surface area contributed by atoms with Crippen LogP contribution in [0.25, 0.3) is 5.57 Å². The van der Waals surface area contributed by atoms with Crippen LogP contribution < -0.4 is 5.73 Å². The quantitative estimate of drug-likeness (QED) is 0.917. The smallest absolute Gasteiger partial charge is 0.219 e. The summed E-state index contributed by atoms with van der Waals surface area (Å²) in [6.07, 6.45) is 8.70. The highest BCUT2D eigenvalue weighted by molar-refractivity contribution is 5.63. The molecule has 102 valence electrons. The molecule has 0 aromatic carbocycles. The van der Waals surface area contributed by atoms with E-state index < -0.39 is 0 Å². The lowest BCUT2D eigenvalue weighted by Gasteiger charge is -2.25. The second kappa shape index (κ2) is 5.79. The van der Waals surface area contributed by atoms with E-state index in [0.717, 1.165) is 37.3 Å². The normalized spacial score (nSPS) is 15.9. The molecule has 3 heterocycles. The molecule has 1 aliphatic heterocycles. The molecule has 0 saturated carbocycles. The van der Waals surface area contributed by atoms with Crippen molar-refractivity contribution in [3.8, 4) is 0 Å². The van der Waals surface area contributed by atoms with Gasteiger partial charge in [-0.05, 0) is 24.1 Å². The van der Waals surface area contributed by atoms with Gasteiger partial charge in [-0.1, -0.05) is 12.1 Å². The Bertz CT molecular complexity index is 591. The summed E-state index contributed by atoms with van der Waals surface area (Å²) in [5.74, 6) is 0.324. The Hall–Kier alpha value is -2.27. The minimum atomic E-state index is 0.324. The third-order valence-corrected chi connectivity index (χ3v) is 3.42. The van der Waals surface area contributed by atoms with Gasteiger partial charge in [-0.25, -0.2) is 9.97 Å². The van der Waals surface area contributed by atoms with Crippen molar-refractivity contribution in [3.63, 3.8) is 0 Å². The number of rotatable bonds is 3. The van der Waals surface area contributed by atoms with Crippen LogP contribution >= 0.6 is 0 Å². The first-order valence-electron chi connectivity index (χ1n) is 6.70. The van der Waals surface area contributed by atoms with E-state index in [4.69, 9.17) is 5.73 Å². The van der Waals surface area contributed by atoms with E-state index in [-0.39, 0.29) is 0 Å². The third kappa shape index (κ3) is 3.00. The zero-order valence-electron chi connectivity index (χ0n) is 11.2. The number of hydrogen-bond acceptors (Lipinski definition) is 5. The molecule has 3 rings (SSSR count). The fraction of sp³-hybridized carbons (Fsp3) is 0.267. The predicted octanol–water partition coefficient (Wildman–Crippen LogP) is 1.74. The SMILES string of the molecule is Nc1ncc(CN2CC=C(c3ccccn3)CC2)cn1. The molecule has 2 aromatic heterocycles. The van der Waals surface area contributed by atoms with Crippen LogP contribution in [-0.4, -0.2) is 32.9 Å². The fourth-order valence-corrected chi connectivity index (χ4v) is 2.34. The Labute approximate surface area is 118 Å². The standard InChI is InChI=1S/C15H17N5/c16-15-18-9-12(10-19-15)11-20-7-4-13(5-8-20)14-3-1-2-6-17-14/h1-4,6,9-10H,5,7-8,11H2,(H2,16,18,19). The summed E-state index contributed by atoms with van der Waals surface area (Å²) >= 11 is 0. The van der Waals surface area contributed by atoms with E-state index in [1.165, 1.54) is 5.57 Å². The maximum Gasteiger partial charge on any atom is 0.219 e.